The summed E-state index contributed by atoms with van der Waals surface area (Å²) in [5, 5.41) is 6.32. The molecule has 2 N–H and O–H groups in total. The van der Waals surface area contributed by atoms with Gasteiger partial charge in [-0.25, -0.2) is 4.39 Å². The first-order valence-corrected chi connectivity index (χ1v) is 10.4. The first-order chi connectivity index (χ1) is 13.0. The largest absolute Gasteiger partial charge is 0.352 e. The minimum atomic E-state index is -1.19. The molecule has 5 nitrogen and oxygen atoms in total. The molecule has 0 aromatic rings. The third-order valence-corrected chi connectivity index (χ3v) is 5.94. The lowest BCUT2D eigenvalue weighted by atomic mass is 9.96. The van der Waals surface area contributed by atoms with Gasteiger partial charge in [-0.1, -0.05) is 24.4 Å². The van der Waals surface area contributed by atoms with Crippen molar-refractivity contribution < 1.29 is 14.0 Å². The van der Waals surface area contributed by atoms with Gasteiger partial charge < -0.3 is 10.6 Å². The lowest BCUT2D eigenvalue weighted by molar-refractivity contribution is -0.123. The van der Waals surface area contributed by atoms with E-state index in [9.17, 15) is 14.0 Å². The second kappa shape index (κ2) is 9.69. The minimum absolute atomic E-state index is 0.0800. The van der Waals surface area contributed by atoms with Gasteiger partial charge in [0, 0.05) is 29.6 Å². The van der Waals surface area contributed by atoms with E-state index < -0.39 is 6.17 Å². The van der Waals surface area contributed by atoms with Crippen molar-refractivity contribution in [2.75, 3.05) is 26.2 Å². The Kier molecular flexibility index (Phi) is 7.30. The average molecular weight is 398 g/mol. The number of piperidine rings is 1. The molecule has 2 aliphatic carbocycles. The molecule has 3 rings (SSSR count). The zero-order chi connectivity index (χ0) is 19.2. The molecule has 1 atom stereocenters. The molecule has 0 bridgehead atoms. The molecular formula is C20H29ClFN3O2. The molecule has 1 unspecified atom stereocenters. The standard InChI is InChI=1S/C20H29ClFN3O2/c21-16-9-15(10-17(22)11-16)20(27)23-12-14-5-7-25(8-6-14)13-19(26)24-18-3-1-2-4-18/h9,11,14,17-18H,1-8,10,12-13H2,(H,23,27)(H,24,26). The number of hydrogen-bond acceptors (Lipinski definition) is 3. The molecule has 7 heteroatoms. The Morgan fingerprint density at radius 1 is 1.19 bits per heavy atom. The molecule has 3 aliphatic rings. The molecule has 2 amide bonds. The van der Waals surface area contributed by atoms with Crippen LogP contribution < -0.4 is 10.6 Å². The van der Waals surface area contributed by atoms with Crippen LogP contribution in [0.4, 0.5) is 4.39 Å². The lowest BCUT2D eigenvalue weighted by Crippen LogP contribution is -2.45. The number of halogens is 2. The Labute approximate surface area is 165 Å². The highest BCUT2D eigenvalue weighted by atomic mass is 35.5. The molecule has 1 saturated carbocycles. The summed E-state index contributed by atoms with van der Waals surface area (Å²) in [7, 11) is 0. The van der Waals surface area contributed by atoms with Crippen LogP contribution in [0.5, 0.6) is 0 Å². The van der Waals surface area contributed by atoms with Crippen LogP contribution in [0.1, 0.15) is 44.9 Å². The minimum Gasteiger partial charge on any atom is -0.352 e. The van der Waals surface area contributed by atoms with Crippen LogP contribution in [0.25, 0.3) is 0 Å². The number of amides is 2. The van der Waals surface area contributed by atoms with Crippen LogP contribution in [-0.4, -0.2) is 55.1 Å². The fourth-order valence-corrected chi connectivity index (χ4v) is 4.39. The summed E-state index contributed by atoms with van der Waals surface area (Å²) in [5.41, 5.74) is 0.399. The molecule has 2 fully saturated rings. The molecule has 0 radical (unpaired) electrons. The fourth-order valence-electron chi connectivity index (χ4n) is 4.12. The van der Waals surface area contributed by atoms with Crippen molar-refractivity contribution in [2.24, 2.45) is 5.92 Å². The summed E-state index contributed by atoms with van der Waals surface area (Å²) in [4.78, 5) is 26.5. The van der Waals surface area contributed by atoms with E-state index in [-0.39, 0.29) is 23.3 Å². The maximum atomic E-state index is 13.5. The molecule has 0 aromatic carbocycles. The van der Waals surface area contributed by atoms with E-state index in [1.165, 1.54) is 18.9 Å². The zero-order valence-corrected chi connectivity index (χ0v) is 16.4. The van der Waals surface area contributed by atoms with E-state index in [4.69, 9.17) is 11.6 Å². The first kappa shape index (κ1) is 20.3. The lowest BCUT2D eigenvalue weighted by Gasteiger charge is -2.32. The Balaban J connectivity index is 1.34. The highest BCUT2D eigenvalue weighted by molar-refractivity contribution is 6.31. The SMILES string of the molecule is O=C(CN1CCC(CNC(=O)C2=CC(Cl)=CC(F)C2)CC1)NC1CCCC1. The monoisotopic (exact) mass is 397 g/mol. The highest BCUT2D eigenvalue weighted by Crippen LogP contribution is 2.23. The maximum Gasteiger partial charge on any atom is 0.247 e. The summed E-state index contributed by atoms with van der Waals surface area (Å²) in [6.07, 6.45) is 8.28. The Morgan fingerprint density at radius 2 is 1.89 bits per heavy atom. The number of nitrogens with zero attached hydrogens (tertiary/aromatic N) is 1. The Morgan fingerprint density at radius 3 is 2.56 bits per heavy atom. The quantitative estimate of drug-likeness (QED) is 0.724. The number of carbonyl (C=O) groups is 2. The number of rotatable bonds is 6. The number of allylic oxidation sites excluding steroid dienone is 3. The van der Waals surface area contributed by atoms with E-state index in [0.29, 0.717) is 30.6 Å². The molecular weight excluding hydrogens is 369 g/mol. The van der Waals surface area contributed by atoms with Crippen LogP contribution in [-0.2, 0) is 9.59 Å². The van der Waals surface area contributed by atoms with Crippen LogP contribution in [0.3, 0.4) is 0 Å². The predicted molar refractivity (Wildman–Crippen MR) is 104 cm³/mol. The van der Waals surface area contributed by atoms with Gasteiger partial charge in [-0.2, -0.15) is 0 Å². The topological polar surface area (TPSA) is 61.4 Å². The molecule has 1 saturated heterocycles. The number of carbonyl (C=O) groups excluding carboxylic acids is 2. The van der Waals surface area contributed by atoms with E-state index in [1.54, 1.807) is 6.08 Å². The predicted octanol–water partition coefficient (Wildman–Crippen LogP) is 2.66. The molecule has 1 aliphatic heterocycles. The molecule has 27 heavy (non-hydrogen) atoms. The second-order valence-corrected chi connectivity index (χ2v) is 8.36. The Bertz CT molecular complexity index is 608. The third kappa shape index (κ3) is 6.32. The van der Waals surface area contributed by atoms with Crippen molar-refractivity contribution in [1.82, 2.24) is 15.5 Å². The smallest absolute Gasteiger partial charge is 0.247 e. The van der Waals surface area contributed by atoms with Gasteiger partial charge in [-0.3, -0.25) is 14.5 Å². The van der Waals surface area contributed by atoms with Crippen LogP contribution in [0.2, 0.25) is 0 Å². The number of likely N-dealkylation sites (tertiary alicyclic amines) is 1. The normalized spacial score (nSPS) is 25.0. The molecule has 0 spiro atoms. The van der Waals surface area contributed by atoms with Gasteiger partial charge in [0.1, 0.15) is 6.17 Å². The second-order valence-electron chi connectivity index (χ2n) is 7.92. The van der Waals surface area contributed by atoms with Crippen molar-refractivity contribution >= 4 is 23.4 Å². The van der Waals surface area contributed by atoms with Crippen LogP contribution >= 0.6 is 11.6 Å². The van der Waals surface area contributed by atoms with Crippen molar-refractivity contribution in [1.29, 1.82) is 0 Å². The molecule has 0 aromatic heterocycles. The maximum absolute atomic E-state index is 13.5. The summed E-state index contributed by atoms with van der Waals surface area (Å²) < 4.78 is 13.5. The van der Waals surface area contributed by atoms with Gasteiger partial charge in [-0.05, 0) is 56.8 Å². The van der Waals surface area contributed by atoms with Crippen LogP contribution in [0.15, 0.2) is 22.8 Å². The van der Waals surface area contributed by atoms with Crippen molar-refractivity contribution in [3.8, 4) is 0 Å². The number of nitrogens with one attached hydrogen (secondary N) is 2. The molecule has 150 valence electrons. The van der Waals surface area contributed by atoms with Gasteiger partial charge in [-0.15, -0.1) is 0 Å². The van der Waals surface area contributed by atoms with Gasteiger partial charge in [0.25, 0.3) is 0 Å². The first-order valence-electron chi connectivity index (χ1n) is 10.0. The molecule has 1 heterocycles. The third-order valence-electron chi connectivity index (χ3n) is 5.70. The van der Waals surface area contributed by atoms with E-state index >= 15 is 0 Å². The van der Waals surface area contributed by atoms with E-state index in [2.05, 4.69) is 15.5 Å². The summed E-state index contributed by atoms with van der Waals surface area (Å²) in [5.74, 6) is 0.283. The van der Waals surface area contributed by atoms with Crippen molar-refractivity contribution in [2.45, 2.75) is 57.2 Å². The Hall–Kier alpha value is -1.40. The van der Waals surface area contributed by atoms with Gasteiger partial charge in [0.05, 0.1) is 6.54 Å². The highest BCUT2D eigenvalue weighted by Gasteiger charge is 2.24. The van der Waals surface area contributed by atoms with Crippen molar-refractivity contribution in [3.05, 3.63) is 22.8 Å². The van der Waals surface area contributed by atoms with Gasteiger partial charge in [0.2, 0.25) is 11.8 Å². The van der Waals surface area contributed by atoms with Gasteiger partial charge in [0.15, 0.2) is 0 Å². The summed E-state index contributed by atoms with van der Waals surface area (Å²) in [6.45, 7) is 2.77. The zero-order valence-electron chi connectivity index (χ0n) is 15.7. The van der Waals surface area contributed by atoms with E-state index in [1.807, 2.05) is 0 Å². The fraction of sp³-hybridized carbons (Fsp3) is 0.700. The van der Waals surface area contributed by atoms with Crippen molar-refractivity contribution in [3.63, 3.8) is 0 Å². The number of hydrogen-bond donors (Lipinski definition) is 2. The average Bonchev–Trinajstić information content (AvgIpc) is 3.13. The number of alkyl halides is 1. The van der Waals surface area contributed by atoms with E-state index in [0.717, 1.165) is 38.8 Å². The summed E-state index contributed by atoms with van der Waals surface area (Å²) >= 11 is 5.84. The van der Waals surface area contributed by atoms with Crippen LogP contribution in [0, 0.1) is 5.92 Å². The van der Waals surface area contributed by atoms with Gasteiger partial charge >= 0.3 is 0 Å². The summed E-state index contributed by atoms with van der Waals surface area (Å²) in [6, 6.07) is 0.367.